The third kappa shape index (κ3) is 6.19. The first-order valence-corrected chi connectivity index (χ1v) is 12.3. The molecule has 186 valence electrons. The fraction of sp³-hybridized carbons (Fsp3) is 0.414. The van der Waals surface area contributed by atoms with E-state index in [-0.39, 0.29) is 36.3 Å². The number of halogens is 1. The summed E-state index contributed by atoms with van der Waals surface area (Å²) in [6.45, 7) is 0.762. The van der Waals surface area contributed by atoms with Crippen LogP contribution in [0.25, 0.3) is 0 Å². The van der Waals surface area contributed by atoms with Crippen molar-refractivity contribution in [2.24, 2.45) is 11.8 Å². The van der Waals surface area contributed by atoms with Crippen molar-refractivity contribution < 1.29 is 28.9 Å². The molecule has 1 aliphatic carbocycles. The third-order valence-corrected chi connectivity index (χ3v) is 7.18. The van der Waals surface area contributed by atoms with Gasteiger partial charge in [-0.3, -0.25) is 4.79 Å². The van der Waals surface area contributed by atoms with Gasteiger partial charge in [-0.25, -0.2) is 4.39 Å². The second kappa shape index (κ2) is 11.6. The molecule has 2 fully saturated rings. The second-order valence-corrected chi connectivity index (χ2v) is 9.47. The van der Waals surface area contributed by atoms with Crippen LogP contribution in [0.5, 0.6) is 5.75 Å². The Morgan fingerprint density at radius 1 is 1.17 bits per heavy atom. The molecule has 2 bridgehead atoms. The number of allylic oxidation sites excluding steroid dienone is 2. The molecule has 0 unspecified atom stereocenters. The van der Waals surface area contributed by atoms with Gasteiger partial charge in [0.2, 0.25) is 0 Å². The number of carboxylic acid groups (broad SMARTS) is 1. The number of unbranched alkanes of at least 4 members (excludes halogenated alkanes) is 1. The molecular formula is C29H33FO5. The number of benzene rings is 2. The maximum atomic E-state index is 13.1. The number of carbonyl (C=O) groups is 1. The molecule has 1 aliphatic heterocycles. The van der Waals surface area contributed by atoms with Gasteiger partial charge in [-0.1, -0.05) is 54.6 Å². The molecule has 4 rings (SSSR count). The highest BCUT2D eigenvalue weighted by Gasteiger charge is 2.58. The fourth-order valence-corrected chi connectivity index (χ4v) is 5.45. The number of hydrogen-bond acceptors (Lipinski definition) is 4. The number of fused-ring (bicyclic) bond motifs is 2. The average Bonchev–Trinajstić information content (AvgIpc) is 3.43. The maximum Gasteiger partial charge on any atom is 0.303 e. The lowest BCUT2D eigenvalue weighted by Gasteiger charge is -2.38. The van der Waals surface area contributed by atoms with Crippen molar-refractivity contribution in [3.8, 4) is 5.75 Å². The minimum Gasteiger partial charge on any atom is -0.491 e. The maximum absolute atomic E-state index is 13.1. The van der Waals surface area contributed by atoms with E-state index >= 15 is 0 Å². The van der Waals surface area contributed by atoms with E-state index in [1.165, 1.54) is 29.8 Å². The molecule has 1 saturated heterocycles. The normalized spacial score (nSPS) is 26.5. The van der Waals surface area contributed by atoms with Crippen LogP contribution in [-0.4, -0.2) is 41.6 Å². The van der Waals surface area contributed by atoms with Crippen molar-refractivity contribution in [2.75, 3.05) is 13.2 Å². The Morgan fingerprint density at radius 3 is 2.69 bits per heavy atom. The number of aliphatic carboxylic acids is 1. The lowest BCUT2D eigenvalue weighted by atomic mass is 9.69. The van der Waals surface area contributed by atoms with E-state index in [4.69, 9.17) is 14.6 Å². The predicted molar refractivity (Wildman–Crippen MR) is 132 cm³/mol. The zero-order valence-corrected chi connectivity index (χ0v) is 19.8. The molecule has 35 heavy (non-hydrogen) atoms. The van der Waals surface area contributed by atoms with E-state index in [1.807, 2.05) is 6.07 Å². The van der Waals surface area contributed by atoms with Gasteiger partial charge in [0.15, 0.2) is 0 Å². The Labute approximate surface area is 205 Å². The van der Waals surface area contributed by atoms with Gasteiger partial charge in [0, 0.05) is 17.8 Å². The number of ether oxygens (including phenoxy) is 2. The first-order valence-electron chi connectivity index (χ1n) is 12.3. The summed E-state index contributed by atoms with van der Waals surface area (Å²) in [6.07, 6.45) is 10.8. The zero-order chi connectivity index (χ0) is 24.7. The van der Waals surface area contributed by atoms with E-state index < -0.39 is 12.1 Å². The van der Waals surface area contributed by atoms with Gasteiger partial charge in [0.05, 0.1) is 12.7 Å². The molecule has 5 atom stereocenters. The van der Waals surface area contributed by atoms with Crippen molar-refractivity contribution in [1.29, 1.82) is 0 Å². The summed E-state index contributed by atoms with van der Waals surface area (Å²) < 4.78 is 24.9. The smallest absolute Gasteiger partial charge is 0.303 e. The zero-order valence-electron chi connectivity index (χ0n) is 19.8. The number of hydrogen-bond donors (Lipinski definition) is 2. The summed E-state index contributed by atoms with van der Waals surface area (Å²) in [7, 11) is 0. The monoisotopic (exact) mass is 480 g/mol. The molecule has 0 aromatic heterocycles. The van der Waals surface area contributed by atoms with Gasteiger partial charge in [-0.05, 0) is 61.4 Å². The average molecular weight is 481 g/mol. The van der Waals surface area contributed by atoms with Crippen molar-refractivity contribution >= 4 is 5.97 Å². The predicted octanol–water partition coefficient (Wildman–Crippen LogP) is 5.30. The Balaban J connectivity index is 1.43. The number of aliphatic hydroxyl groups excluding tert-OH is 1. The van der Waals surface area contributed by atoms with Gasteiger partial charge < -0.3 is 19.7 Å². The van der Waals surface area contributed by atoms with E-state index in [9.17, 15) is 14.3 Å². The van der Waals surface area contributed by atoms with Gasteiger partial charge in [-0.2, -0.15) is 0 Å². The van der Waals surface area contributed by atoms with E-state index in [0.29, 0.717) is 24.7 Å². The minimum atomic E-state index is -0.793. The molecule has 1 saturated carbocycles. The standard InChI is InChI=1S/C29H33FO5/c30-22-12-15-24(16-13-22)34-19-23(31)14-17-25-26(10-6-1-2-7-11-28(32)33)29(18-27(25)35-20-29)21-8-4-3-5-9-21/h1,3-6,8-9,12-17,23,25-27,31H,2,7,10-11,18-20H2,(H,32,33)/t23-,25-,26-,27-,29-/m0/s1. The van der Waals surface area contributed by atoms with Crippen LogP contribution >= 0.6 is 0 Å². The molecule has 2 aromatic rings. The lowest BCUT2D eigenvalue weighted by molar-refractivity contribution is -0.137. The molecule has 0 spiro atoms. The highest BCUT2D eigenvalue weighted by atomic mass is 19.1. The van der Waals surface area contributed by atoms with Gasteiger partial charge in [0.1, 0.15) is 24.3 Å². The number of aliphatic hydroxyl groups is 1. The summed E-state index contributed by atoms with van der Waals surface area (Å²) in [5.74, 6) is -0.132. The molecule has 2 aliphatic rings. The van der Waals surface area contributed by atoms with Crippen LogP contribution in [-0.2, 0) is 14.9 Å². The topological polar surface area (TPSA) is 76.0 Å². The van der Waals surface area contributed by atoms with Crippen LogP contribution in [0.4, 0.5) is 4.39 Å². The van der Waals surface area contributed by atoms with Crippen LogP contribution in [0.3, 0.4) is 0 Å². The summed E-state index contributed by atoms with van der Waals surface area (Å²) >= 11 is 0. The minimum absolute atomic E-state index is 0.0814. The Kier molecular flexibility index (Phi) is 8.37. The van der Waals surface area contributed by atoms with E-state index in [0.717, 1.165) is 19.3 Å². The molecule has 5 nitrogen and oxygen atoms in total. The summed E-state index contributed by atoms with van der Waals surface area (Å²) in [6, 6.07) is 16.2. The fourth-order valence-electron chi connectivity index (χ4n) is 5.45. The van der Waals surface area contributed by atoms with Gasteiger partial charge in [0.25, 0.3) is 0 Å². The SMILES string of the molecule is O=C(O)CCCC=CC[C@H]1[C@H](C=C[C@H](O)COc2ccc(F)cc2)[C@@H]2C[C@@]1(c1ccccc1)CO2. The molecule has 1 heterocycles. The Hall–Kier alpha value is -2.96. The second-order valence-electron chi connectivity index (χ2n) is 9.47. The van der Waals surface area contributed by atoms with Gasteiger partial charge in [-0.15, -0.1) is 0 Å². The molecule has 2 aromatic carbocycles. The number of rotatable bonds is 12. The first-order chi connectivity index (χ1) is 17.0. The molecular weight excluding hydrogens is 447 g/mol. The quantitative estimate of drug-likeness (QED) is 0.319. The summed E-state index contributed by atoms with van der Waals surface area (Å²) in [4.78, 5) is 10.7. The summed E-state index contributed by atoms with van der Waals surface area (Å²) in [5, 5.41) is 19.3. The van der Waals surface area contributed by atoms with Crippen molar-refractivity contribution in [2.45, 2.75) is 49.7 Å². The van der Waals surface area contributed by atoms with Crippen LogP contribution in [0.2, 0.25) is 0 Å². The Bertz CT molecular complexity index is 1020. The van der Waals surface area contributed by atoms with Crippen LogP contribution in [0.15, 0.2) is 78.9 Å². The largest absolute Gasteiger partial charge is 0.491 e. The Morgan fingerprint density at radius 2 is 1.94 bits per heavy atom. The van der Waals surface area contributed by atoms with E-state index in [2.05, 4.69) is 42.5 Å². The van der Waals surface area contributed by atoms with Gasteiger partial charge >= 0.3 is 5.97 Å². The lowest BCUT2D eigenvalue weighted by Crippen LogP contribution is -2.39. The molecule has 6 heteroatoms. The van der Waals surface area contributed by atoms with Crippen molar-refractivity contribution in [3.05, 3.63) is 90.3 Å². The third-order valence-electron chi connectivity index (χ3n) is 7.18. The van der Waals surface area contributed by atoms with Crippen molar-refractivity contribution in [1.82, 2.24) is 0 Å². The molecule has 0 amide bonds. The van der Waals surface area contributed by atoms with E-state index in [1.54, 1.807) is 6.08 Å². The molecule has 0 radical (unpaired) electrons. The molecule has 2 N–H and O–H groups in total. The van der Waals surface area contributed by atoms with Crippen LogP contribution < -0.4 is 4.74 Å². The highest BCUT2D eigenvalue weighted by Crippen LogP contribution is 2.57. The number of carboxylic acids is 1. The first kappa shape index (κ1) is 25.1. The highest BCUT2D eigenvalue weighted by molar-refractivity contribution is 5.66. The summed E-state index contributed by atoms with van der Waals surface area (Å²) in [5.41, 5.74) is 1.20. The van der Waals surface area contributed by atoms with Crippen LogP contribution in [0, 0.1) is 17.7 Å². The van der Waals surface area contributed by atoms with Crippen LogP contribution in [0.1, 0.15) is 37.7 Å². The van der Waals surface area contributed by atoms with Crippen molar-refractivity contribution in [3.63, 3.8) is 0 Å².